The van der Waals surface area contributed by atoms with E-state index in [0.717, 1.165) is 11.5 Å². The Morgan fingerprint density at radius 3 is 1.85 bits per heavy atom. The number of hydrogen-bond acceptors (Lipinski definition) is 4. The van der Waals surface area contributed by atoms with Gasteiger partial charge in [0.1, 0.15) is 0 Å². The van der Waals surface area contributed by atoms with Gasteiger partial charge >= 0.3 is 0 Å². The van der Waals surface area contributed by atoms with Crippen molar-refractivity contribution in [2.45, 2.75) is 85.1 Å². The van der Waals surface area contributed by atoms with Gasteiger partial charge in [0.15, 0.2) is 0 Å². The number of rotatable bonds is 11. The van der Waals surface area contributed by atoms with Crippen LogP contribution in [-0.4, -0.2) is 44.8 Å². The van der Waals surface area contributed by atoms with Crippen LogP contribution in [0.4, 0.5) is 0 Å². The van der Waals surface area contributed by atoms with Crippen LogP contribution in [-0.2, 0) is 24.8 Å². The summed E-state index contributed by atoms with van der Waals surface area (Å²) < 4.78 is 26.0. The molecule has 0 saturated carbocycles. The van der Waals surface area contributed by atoms with Crippen LogP contribution in [0.3, 0.4) is 0 Å². The van der Waals surface area contributed by atoms with E-state index in [1.165, 1.54) is 4.90 Å². The van der Waals surface area contributed by atoms with Crippen LogP contribution >= 0.6 is 0 Å². The van der Waals surface area contributed by atoms with Crippen molar-refractivity contribution < 1.29 is 18.0 Å². The minimum Gasteiger partial charge on any atom is -0.347 e. The van der Waals surface area contributed by atoms with Gasteiger partial charge in [-0.2, -0.15) is 0 Å². The van der Waals surface area contributed by atoms with Crippen LogP contribution in [0.5, 0.6) is 0 Å². The van der Waals surface area contributed by atoms with Gasteiger partial charge in [-0.05, 0) is 49.0 Å². The van der Waals surface area contributed by atoms with Crippen molar-refractivity contribution in [3.8, 4) is 0 Å². The van der Waals surface area contributed by atoms with Gasteiger partial charge in [0, 0.05) is 23.3 Å². The number of nitrogens with zero attached hydrogens (tertiary/aromatic N) is 1. The first kappa shape index (κ1) is 35.1. The third-order valence-electron chi connectivity index (χ3n) is 6.93. The smallest absolute Gasteiger partial charge is 0.242 e. The normalized spacial score (nSPS) is 13.8. The quantitative estimate of drug-likeness (QED) is 0.329. The van der Waals surface area contributed by atoms with E-state index in [0.29, 0.717) is 6.42 Å². The molecule has 6 nitrogen and oxygen atoms in total. The molecular formula is C33H50N2O4S. The van der Waals surface area contributed by atoms with E-state index in [9.17, 15) is 18.0 Å². The summed E-state index contributed by atoms with van der Waals surface area (Å²) in [5, 5.41) is 2.82. The van der Waals surface area contributed by atoms with Gasteiger partial charge in [-0.15, -0.1) is 0 Å². The molecule has 0 bridgehead atoms. The lowest BCUT2D eigenvalue weighted by Crippen LogP contribution is -2.47. The summed E-state index contributed by atoms with van der Waals surface area (Å²) in [5.74, 6) is 0.0381. The fourth-order valence-corrected chi connectivity index (χ4v) is 5.74. The van der Waals surface area contributed by atoms with Crippen LogP contribution in [0.2, 0.25) is 0 Å². The number of hydrogen-bond donors (Lipinski definition) is 1. The maximum absolute atomic E-state index is 13.1. The summed E-state index contributed by atoms with van der Waals surface area (Å²) >= 11 is 0. The Labute approximate surface area is 243 Å². The van der Waals surface area contributed by atoms with E-state index in [-0.39, 0.29) is 40.0 Å². The number of carbonyl (C=O) groups is 2. The third-order valence-corrected chi connectivity index (χ3v) is 8.81. The molecule has 7 heteroatoms. The van der Waals surface area contributed by atoms with Crippen molar-refractivity contribution in [2.75, 3.05) is 13.6 Å². The fourth-order valence-electron chi connectivity index (χ4n) is 4.54. The highest BCUT2D eigenvalue weighted by Gasteiger charge is 2.35. The molecule has 0 heterocycles. The van der Waals surface area contributed by atoms with Gasteiger partial charge in [0.05, 0.1) is 17.5 Å². The summed E-state index contributed by atoms with van der Waals surface area (Å²) in [4.78, 5) is 28.1. The Hall–Kier alpha value is -2.93. The van der Waals surface area contributed by atoms with Crippen molar-refractivity contribution >= 4 is 21.7 Å². The molecule has 0 saturated heterocycles. The lowest BCUT2D eigenvalue weighted by Gasteiger charge is -2.34. The molecule has 0 fully saturated rings. The Morgan fingerprint density at radius 1 is 0.925 bits per heavy atom. The first-order valence-electron chi connectivity index (χ1n) is 14.1. The molecular weight excluding hydrogens is 520 g/mol. The van der Waals surface area contributed by atoms with Crippen LogP contribution < -0.4 is 5.32 Å². The SMILES string of the molecule is CC(C)C.CC[C@H](C(=O)NCC(=O)N(C)[C@H](/C=C(\C)S(=O)(=O)c1ccccc1)C(C)C)C(C)(C)c1ccccc1. The summed E-state index contributed by atoms with van der Waals surface area (Å²) in [6.45, 7) is 17.8. The van der Waals surface area contributed by atoms with Gasteiger partial charge in [0.2, 0.25) is 21.7 Å². The monoisotopic (exact) mass is 570 g/mol. The van der Waals surface area contributed by atoms with E-state index in [1.807, 2.05) is 65.0 Å². The van der Waals surface area contributed by atoms with Crippen molar-refractivity contribution in [3.63, 3.8) is 0 Å². The lowest BCUT2D eigenvalue weighted by molar-refractivity contribution is -0.135. The summed E-state index contributed by atoms with van der Waals surface area (Å²) in [5.41, 5.74) is 0.664. The predicted molar refractivity (Wildman–Crippen MR) is 166 cm³/mol. The van der Waals surface area contributed by atoms with Gasteiger partial charge < -0.3 is 10.2 Å². The first-order chi connectivity index (χ1) is 18.6. The number of nitrogens with one attached hydrogen (secondary N) is 1. The second-order valence-corrected chi connectivity index (χ2v) is 14.0. The molecule has 0 aliphatic rings. The standard InChI is InChI=1S/C29H40N2O4S.C4H10/c1-8-25(29(5,6)23-15-11-9-12-16-23)28(33)30-20-27(32)31(7)26(21(2)3)19-22(4)36(34,35)24-17-13-10-14-18-24;1-4(2)3/h9-19,21,25-26H,8,20H2,1-7H3,(H,30,33);4H,1-3H3/b22-19+;/t25-,26-;/m1./s1. The molecule has 2 aromatic carbocycles. The van der Waals surface area contributed by atoms with Crippen molar-refractivity contribution in [1.29, 1.82) is 0 Å². The Bertz CT molecular complexity index is 1200. The molecule has 0 unspecified atom stereocenters. The molecule has 222 valence electrons. The van der Waals surface area contributed by atoms with Crippen molar-refractivity contribution in [1.82, 2.24) is 10.2 Å². The maximum atomic E-state index is 13.1. The highest BCUT2D eigenvalue weighted by molar-refractivity contribution is 7.95. The van der Waals surface area contributed by atoms with Crippen molar-refractivity contribution in [2.24, 2.45) is 17.8 Å². The van der Waals surface area contributed by atoms with Gasteiger partial charge in [-0.1, -0.05) is 104 Å². The van der Waals surface area contributed by atoms with Gasteiger partial charge in [-0.3, -0.25) is 9.59 Å². The largest absolute Gasteiger partial charge is 0.347 e. The Kier molecular flexibility index (Phi) is 13.8. The van der Waals surface area contributed by atoms with Crippen LogP contribution in [0, 0.1) is 17.8 Å². The maximum Gasteiger partial charge on any atom is 0.242 e. The van der Waals surface area contributed by atoms with E-state index >= 15 is 0 Å². The number of amides is 2. The number of sulfone groups is 1. The molecule has 0 spiro atoms. The Balaban J connectivity index is 0.00000187. The Morgan fingerprint density at radius 2 is 1.40 bits per heavy atom. The molecule has 2 aromatic rings. The zero-order valence-corrected chi connectivity index (χ0v) is 26.9. The number of carbonyl (C=O) groups excluding carboxylic acids is 2. The zero-order valence-electron chi connectivity index (χ0n) is 26.1. The van der Waals surface area contributed by atoms with Gasteiger partial charge in [0.25, 0.3) is 0 Å². The minimum absolute atomic E-state index is 0.0315. The fraction of sp³-hybridized carbons (Fsp3) is 0.515. The second-order valence-electron chi connectivity index (χ2n) is 11.8. The van der Waals surface area contributed by atoms with E-state index < -0.39 is 21.3 Å². The topological polar surface area (TPSA) is 83.6 Å². The van der Waals surface area contributed by atoms with Gasteiger partial charge in [-0.25, -0.2) is 8.42 Å². The average molecular weight is 571 g/mol. The van der Waals surface area contributed by atoms with Crippen molar-refractivity contribution in [3.05, 3.63) is 77.2 Å². The predicted octanol–water partition coefficient (Wildman–Crippen LogP) is 6.63. The zero-order chi connectivity index (χ0) is 30.7. The molecule has 2 amide bonds. The van der Waals surface area contributed by atoms with Crippen LogP contribution in [0.25, 0.3) is 0 Å². The van der Waals surface area contributed by atoms with E-state index in [4.69, 9.17) is 0 Å². The summed E-state index contributed by atoms with van der Waals surface area (Å²) in [7, 11) is -2.01. The summed E-state index contributed by atoms with van der Waals surface area (Å²) in [6, 6.07) is 17.7. The number of benzene rings is 2. The minimum atomic E-state index is -3.66. The molecule has 2 rings (SSSR count). The average Bonchev–Trinajstić information content (AvgIpc) is 2.90. The molecule has 40 heavy (non-hydrogen) atoms. The number of likely N-dealkylation sites (N-methyl/N-ethyl adjacent to an activating group) is 1. The third kappa shape index (κ3) is 9.92. The van der Waals surface area contributed by atoms with Crippen LogP contribution in [0.1, 0.15) is 74.3 Å². The van der Waals surface area contributed by atoms with E-state index in [1.54, 1.807) is 50.4 Å². The second kappa shape index (κ2) is 15.8. The van der Waals surface area contributed by atoms with E-state index in [2.05, 4.69) is 26.1 Å². The highest BCUT2D eigenvalue weighted by atomic mass is 32.2. The molecule has 0 aliphatic carbocycles. The number of allylic oxidation sites excluding steroid dienone is 1. The molecule has 0 aromatic heterocycles. The molecule has 2 atom stereocenters. The molecule has 0 radical (unpaired) electrons. The molecule has 1 N–H and O–H groups in total. The lowest BCUT2D eigenvalue weighted by atomic mass is 9.71. The molecule has 0 aliphatic heterocycles. The highest BCUT2D eigenvalue weighted by Crippen LogP contribution is 2.34. The first-order valence-corrected chi connectivity index (χ1v) is 15.6. The van der Waals surface area contributed by atoms with Crippen LogP contribution in [0.15, 0.2) is 76.5 Å². The summed E-state index contributed by atoms with van der Waals surface area (Å²) in [6.07, 6.45) is 2.26.